The van der Waals surface area contributed by atoms with Crippen molar-refractivity contribution in [1.29, 1.82) is 0 Å². The number of sulfone groups is 1. The molecule has 1 unspecified atom stereocenters. The van der Waals surface area contributed by atoms with Gasteiger partial charge in [0.15, 0.2) is 21.3 Å². The number of benzene rings is 1. The van der Waals surface area contributed by atoms with Gasteiger partial charge < -0.3 is 9.32 Å². The standard InChI is InChI=1S/C21H20ClN3O4S/c22-14-3-1-4-16(11-14)25-19(20-5-2-9-29-20)12-18(23-25)21(26)24(15-6-7-15)17-8-10-30(27,28)13-17/h1-5,9,11-12,15,17H,6-8,10,13H2. The first-order chi connectivity index (χ1) is 14.4. The Morgan fingerprint density at radius 2 is 1.97 bits per heavy atom. The summed E-state index contributed by atoms with van der Waals surface area (Å²) in [6, 6.07) is 12.2. The third-order valence-corrected chi connectivity index (χ3v) is 7.52. The predicted molar refractivity (Wildman–Crippen MR) is 113 cm³/mol. The third kappa shape index (κ3) is 3.65. The lowest BCUT2D eigenvalue weighted by atomic mass is 10.2. The molecule has 0 N–H and O–H groups in total. The molecule has 5 rings (SSSR count). The fourth-order valence-electron chi connectivity index (χ4n) is 4.00. The minimum atomic E-state index is -3.10. The molecule has 30 heavy (non-hydrogen) atoms. The summed E-state index contributed by atoms with van der Waals surface area (Å²) in [6.45, 7) is 0. The van der Waals surface area contributed by atoms with E-state index in [2.05, 4.69) is 5.10 Å². The van der Waals surface area contributed by atoms with Gasteiger partial charge in [-0.25, -0.2) is 13.1 Å². The lowest BCUT2D eigenvalue weighted by Gasteiger charge is -2.27. The Morgan fingerprint density at radius 1 is 1.13 bits per heavy atom. The van der Waals surface area contributed by atoms with Crippen LogP contribution in [0.15, 0.2) is 53.1 Å². The maximum absolute atomic E-state index is 13.5. The molecular formula is C21H20ClN3O4S. The third-order valence-electron chi connectivity index (χ3n) is 5.53. The number of carbonyl (C=O) groups is 1. The second-order valence-corrected chi connectivity index (χ2v) is 10.4. The zero-order valence-corrected chi connectivity index (χ0v) is 17.6. The van der Waals surface area contributed by atoms with E-state index in [9.17, 15) is 13.2 Å². The summed E-state index contributed by atoms with van der Waals surface area (Å²) in [5.41, 5.74) is 1.59. The molecule has 9 heteroatoms. The summed E-state index contributed by atoms with van der Waals surface area (Å²) < 4.78 is 31.2. The van der Waals surface area contributed by atoms with Crippen molar-refractivity contribution in [3.8, 4) is 17.1 Å². The van der Waals surface area contributed by atoms with Crippen molar-refractivity contribution in [2.45, 2.75) is 31.3 Å². The van der Waals surface area contributed by atoms with E-state index >= 15 is 0 Å². The molecular weight excluding hydrogens is 426 g/mol. The Labute approximate surface area is 179 Å². The molecule has 2 fully saturated rings. The summed E-state index contributed by atoms with van der Waals surface area (Å²) in [6.07, 6.45) is 3.82. The van der Waals surface area contributed by atoms with Crippen LogP contribution in [0.4, 0.5) is 0 Å². The van der Waals surface area contributed by atoms with E-state index in [4.69, 9.17) is 16.0 Å². The van der Waals surface area contributed by atoms with Gasteiger partial charge in [-0.05, 0) is 49.6 Å². The smallest absolute Gasteiger partial charge is 0.274 e. The van der Waals surface area contributed by atoms with Crippen molar-refractivity contribution in [2.24, 2.45) is 0 Å². The van der Waals surface area contributed by atoms with Gasteiger partial charge in [0.25, 0.3) is 5.91 Å². The highest BCUT2D eigenvalue weighted by Gasteiger charge is 2.43. The molecule has 7 nitrogen and oxygen atoms in total. The number of nitrogens with zero attached hydrogens (tertiary/aromatic N) is 3. The average Bonchev–Trinajstić information content (AvgIpc) is 3.09. The Bertz CT molecular complexity index is 1200. The largest absolute Gasteiger partial charge is 0.463 e. The summed E-state index contributed by atoms with van der Waals surface area (Å²) in [4.78, 5) is 15.2. The molecule has 1 saturated carbocycles. The summed E-state index contributed by atoms with van der Waals surface area (Å²) in [5.74, 6) is 0.481. The van der Waals surface area contributed by atoms with Gasteiger partial charge in [-0.1, -0.05) is 17.7 Å². The van der Waals surface area contributed by atoms with Crippen LogP contribution in [-0.2, 0) is 9.84 Å². The highest BCUT2D eigenvalue weighted by molar-refractivity contribution is 7.91. The summed E-state index contributed by atoms with van der Waals surface area (Å²) in [7, 11) is -3.10. The summed E-state index contributed by atoms with van der Waals surface area (Å²) >= 11 is 6.16. The van der Waals surface area contributed by atoms with Crippen LogP contribution in [0.3, 0.4) is 0 Å². The van der Waals surface area contributed by atoms with Gasteiger partial charge in [0.1, 0.15) is 5.69 Å². The molecule has 1 saturated heterocycles. The maximum atomic E-state index is 13.5. The summed E-state index contributed by atoms with van der Waals surface area (Å²) in [5, 5.41) is 5.13. The van der Waals surface area contributed by atoms with E-state index < -0.39 is 9.84 Å². The van der Waals surface area contributed by atoms with Crippen molar-refractivity contribution in [1.82, 2.24) is 14.7 Å². The molecule has 0 radical (unpaired) electrons. The molecule has 1 amide bonds. The number of hydrogen-bond acceptors (Lipinski definition) is 5. The Morgan fingerprint density at radius 3 is 2.60 bits per heavy atom. The molecule has 1 aliphatic heterocycles. The average molecular weight is 446 g/mol. The number of furan rings is 1. The van der Waals surface area contributed by atoms with Crippen molar-refractivity contribution in [2.75, 3.05) is 11.5 Å². The fourth-order valence-corrected chi connectivity index (χ4v) is 5.90. The van der Waals surface area contributed by atoms with E-state index in [1.807, 2.05) is 12.1 Å². The molecule has 0 bridgehead atoms. The van der Waals surface area contributed by atoms with Crippen LogP contribution in [0.1, 0.15) is 29.8 Å². The molecule has 1 atom stereocenters. The second-order valence-electron chi connectivity index (χ2n) is 7.78. The molecule has 3 heterocycles. The van der Waals surface area contributed by atoms with Gasteiger partial charge >= 0.3 is 0 Å². The van der Waals surface area contributed by atoms with Crippen molar-refractivity contribution < 1.29 is 17.6 Å². The quantitative estimate of drug-likeness (QED) is 0.599. The molecule has 1 aliphatic carbocycles. The van der Waals surface area contributed by atoms with Crippen LogP contribution >= 0.6 is 11.6 Å². The van der Waals surface area contributed by atoms with Gasteiger partial charge in [0.2, 0.25) is 0 Å². The molecule has 2 aromatic heterocycles. The van der Waals surface area contributed by atoms with E-state index in [0.29, 0.717) is 28.6 Å². The topological polar surface area (TPSA) is 85.4 Å². The highest BCUT2D eigenvalue weighted by atomic mass is 35.5. The molecule has 2 aliphatic rings. The fraction of sp³-hybridized carbons (Fsp3) is 0.333. The van der Waals surface area contributed by atoms with Gasteiger partial charge in [0, 0.05) is 23.2 Å². The number of carbonyl (C=O) groups excluding carboxylic acids is 1. The monoisotopic (exact) mass is 445 g/mol. The second kappa shape index (κ2) is 7.28. The van der Waals surface area contributed by atoms with Crippen LogP contribution in [-0.4, -0.2) is 52.6 Å². The maximum Gasteiger partial charge on any atom is 0.274 e. The van der Waals surface area contributed by atoms with Crippen LogP contribution in [0.2, 0.25) is 5.02 Å². The zero-order valence-electron chi connectivity index (χ0n) is 16.1. The van der Waals surface area contributed by atoms with E-state index in [1.165, 1.54) is 0 Å². The van der Waals surface area contributed by atoms with Crippen LogP contribution in [0, 0.1) is 0 Å². The Kier molecular flexibility index (Phi) is 4.71. The minimum absolute atomic E-state index is 0.0231. The van der Waals surface area contributed by atoms with Gasteiger partial charge in [-0.2, -0.15) is 5.10 Å². The number of hydrogen-bond donors (Lipinski definition) is 0. The lowest BCUT2D eigenvalue weighted by Crippen LogP contribution is -2.43. The van der Waals surface area contributed by atoms with Crippen molar-refractivity contribution in [3.63, 3.8) is 0 Å². The normalized spacial score (nSPS) is 20.4. The number of halogens is 1. The van der Waals surface area contributed by atoms with Gasteiger partial charge in [0.05, 0.1) is 23.5 Å². The van der Waals surface area contributed by atoms with E-state index in [-0.39, 0.29) is 35.2 Å². The van der Waals surface area contributed by atoms with Crippen LogP contribution in [0.5, 0.6) is 0 Å². The molecule has 0 spiro atoms. The van der Waals surface area contributed by atoms with Gasteiger partial charge in [-0.3, -0.25) is 4.79 Å². The first kappa shape index (κ1) is 19.4. The first-order valence-corrected chi connectivity index (χ1v) is 12.0. The lowest BCUT2D eigenvalue weighted by molar-refractivity contribution is 0.0674. The number of aromatic nitrogens is 2. The van der Waals surface area contributed by atoms with Crippen LogP contribution in [0.25, 0.3) is 17.1 Å². The molecule has 1 aromatic carbocycles. The molecule has 156 valence electrons. The van der Waals surface area contributed by atoms with Crippen molar-refractivity contribution >= 4 is 27.3 Å². The SMILES string of the molecule is O=C(c1cc(-c2ccco2)n(-c2cccc(Cl)c2)n1)N(C1CC1)C1CCS(=O)(=O)C1. The van der Waals surface area contributed by atoms with Crippen LogP contribution < -0.4 is 0 Å². The van der Waals surface area contributed by atoms with E-state index in [0.717, 1.165) is 12.8 Å². The minimum Gasteiger partial charge on any atom is -0.463 e. The van der Waals surface area contributed by atoms with Gasteiger partial charge in [-0.15, -0.1) is 0 Å². The first-order valence-electron chi connectivity index (χ1n) is 9.84. The Hall–Kier alpha value is -2.58. The number of rotatable bonds is 5. The Balaban J connectivity index is 1.55. The van der Waals surface area contributed by atoms with Crippen molar-refractivity contribution in [3.05, 3.63) is 59.4 Å². The molecule has 3 aromatic rings. The predicted octanol–water partition coefficient (Wildman–Crippen LogP) is 3.58. The van der Waals surface area contributed by atoms with E-state index in [1.54, 1.807) is 46.2 Å². The highest BCUT2D eigenvalue weighted by Crippen LogP contribution is 2.34. The number of amides is 1. The zero-order chi connectivity index (χ0) is 20.9.